The van der Waals surface area contributed by atoms with E-state index in [1.807, 2.05) is 33.8 Å². The molecule has 3 heteroatoms. The summed E-state index contributed by atoms with van der Waals surface area (Å²) in [6.45, 7) is 11.6. The molecule has 1 heterocycles. The zero-order valence-electron chi connectivity index (χ0n) is 14.2. The maximum Gasteiger partial charge on any atom is 0.129 e. The molecule has 0 aliphatic carbocycles. The first-order valence-electron chi connectivity index (χ1n) is 7.83. The zero-order chi connectivity index (χ0) is 16.2. The molecule has 3 nitrogen and oxygen atoms in total. The molecular formula is C18H28O3. The van der Waals surface area contributed by atoms with E-state index in [0.29, 0.717) is 12.2 Å². The molecule has 0 bridgehead atoms. The molecule has 0 aromatic heterocycles. The average Bonchev–Trinajstić information content (AvgIpc) is 2.46. The zero-order valence-corrected chi connectivity index (χ0v) is 14.2. The number of phenolic OH excluding ortho intramolecular Hbond substituents is 1. The fourth-order valence-electron chi connectivity index (χ4n) is 2.58. The van der Waals surface area contributed by atoms with Crippen molar-refractivity contribution in [3.8, 4) is 11.5 Å². The van der Waals surface area contributed by atoms with Crippen LogP contribution in [0.4, 0.5) is 0 Å². The number of rotatable bonds is 3. The lowest BCUT2D eigenvalue weighted by Crippen LogP contribution is -2.37. The molecular weight excluding hydrogens is 264 g/mol. The Hall–Kier alpha value is -1.51. The molecule has 2 rings (SSSR count). The van der Waals surface area contributed by atoms with Crippen LogP contribution in [-0.2, 0) is 11.2 Å². The van der Waals surface area contributed by atoms with Gasteiger partial charge in [-0.15, -0.1) is 0 Å². The second-order valence-corrected chi connectivity index (χ2v) is 5.89. The lowest BCUT2D eigenvalue weighted by atomic mass is 9.86. The van der Waals surface area contributed by atoms with Crippen LogP contribution in [0.5, 0.6) is 11.5 Å². The third kappa shape index (κ3) is 3.99. The van der Waals surface area contributed by atoms with Gasteiger partial charge in [0.05, 0.1) is 0 Å². The number of ether oxygens (including phenoxy) is 1. The van der Waals surface area contributed by atoms with Gasteiger partial charge in [0.25, 0.3) is 0 Å². The molecule has 0 spiro atoms. The Bertz CT molecular complexity index is 520. The van der Waals surface area contributed by atoms with E-state index in [1.165, 1.54) is 0 Å². The van der Waals surface area contributed by atoms with E-state index in [9.17, 15) is 9.90 Å². The topological polar surface area (TPSA) is 46.5 Å². The Kier molecular flexibility index (Phi) is 5.82. The largest absolute Gasteiger partial charge is 0.508 e. The van der Waals surface area contributed by atoms with E-state index < -0.39 is 0 Å². The summed E-state index contributed by atoms with van der Waals surface area (Å²) in [5, 5.41) is 9.86. The molecule has 0 amide bonds. The Labute approximate surface area is 128 Å². The third-order valence-electron chi connectivity index (χ3n) is 4.17. The molecule has 1 aliphatic heterocycles. The number of ketones is 1. The van der Waals surface area contributed by atoms with Gasteiger partial charge in [-0.25, -0.2) is 0 Å². The highest BCUT2D eigenvalue weighted by atomic mass is 16.5. The number of carbonyl (C=O) groups is 1. The summed E-state index contributed by atoms with van der Waals surface area (Å²) in [5.74, 6) is 1.44. The number of fused-ring (bicyclic) bond motifs is 1. The standard InChI is InChI=1S/C16H22O3.C2H6/c1-10(17)5-7-16(4)8-6-13-9-14(18)11(2)12(3)15(13)19-16;1-2/h9,18H,5-8H2,1-4H3;1-2H3. The van der Waals surface area contributed by atoms with Crippen LogP contribution in [0.15, 0.2) is 6.07 Å². The minimum absolute atomic E-state index is 0.203. The molecule has 0 saturated carbocycles. The predicted octanol–water partition coefficient (Wildman–Crippen LogP) is 4.49. The smallest absolute Gasteiger partial charge is 0.129 e. The van der Waals surface area contributed by atoms with Crippen molar-refractivity contribution in [2.75, 3.05) is 0 Å². The second-order valence-electron chi connectivity index (χ2n) is 5.89. The van der Waals surface area contributed by atoms with Gasteiger partial charge in [0, 0.05) is 6.42 Å². The normalized spacial score (nSPS) is 19.9. The van der Waals surface area contributed by atoms with E-state index in [-0.39, 0.29) is 11.4 Å². The van der Waals surface area contributed by atoms with Crippen molar-refractivity contribution in [2.45, 2.75) is 72.8 Å². The van der Waals surface area contributed by atoms with Crippen molar-refractivity contribution >= 4 is 5.78 Å². The quantitative estimate of drug-likeness (QED) is 0.893. The van der Waals surface area contributed by atoms with E-state index in [1.54, 1.807) is 6.92 Å². The van der Waals surface area contributed by atoms with Crippen molar-refractivity contribution in [1.29, 1.82) is 0 Å². The summed E-state index contributed by atoms with van der Waals surface area (Å²) in [5.41, 5.74) is 2.67. The third-order valence-corrected chi connectivity index (χ3v) is 4.17. The molecule has 1 unspecified atom stereocenters. The number of Topliss-reactive ketones (excluding diaryl/α,β-unsaturated/α-hetero) is 1. The van der Waals surface area contributed by atoms with Crippen molar-refractivity contribution in [3.63, 3.8) is 0 Å². The summed E-state index contributed by atoms with van der Waals surface area (Å²) in [4.78, 5) is 11.2. The average molecular weight is 292 g/mol. The van der Waals surface area contributed by atoms with Gasteiger partial charge in [-0.2, -0.15) is 0 Å². The van der Waals surface area contributed by atoms with Crippen LogP contribution in [-0.4, -0.2) is 16.5 Å². The minimum atomic E-state index is -0.271. The highest BCUT2D eigenvalue weighted by Gasteiger charge is 2.33. The highest BCUT2D eigenvalue weighted by molar-refractivity contribution is 5.75. The number of hydrogen-bond acceptors (Lipinski definition) is 3. The van der Waals surface area contributed by atoms with Crippen LogP contribution in [0.3, 0.4) is 0 Å². The maximum absolute atomic E-state index is 11.2. The number of hydrogen-bond donors (Lipinski definition) is 1. The van der Waals surface area contributed by atoms with E-state index in [4.69, 9.17) is 4.74 Å². The van der Waals surface area contributed by atoms with Crippen molar-refractivity contribution < 1.29 is 14.6 Å². The molecule has 1 atom stereocenters. The summed E-state index contributed by atoms with van der Waals surface area (Å²) in [6, 6.07) is 1.81. The van der Waals surface area contributed by atoms with Gasteiger partial charge >= 0.3 is 0 Å². The number of aryl methyl sites for hydroxylation is 1. The fourth-order valence-corrected chi connectivity index (χ4v) is 2.58. The number of carbonyl (C=O) groups excluding carboxylic acids is 1. The first kappa shape index (κ1) is 17.5. The van der Waals surface area contributed by atoms with Crippen molar-refractivity contribution in [3.05, 3.63) is 22.8 Å². The van der Waals surface area contributed by atoms with Gasteiger partial charge in [0.2, 0.25) is 0 Å². The first-order valence-corrected chi connectivity index (χ1v) is 7.83. The Morgan fingerprint density at radius 3 is 2.52 bits per heavy atom. The predicted molar refractivity (Wildman–Crippen MR) is 86.2 cm³/mol. The van der Waals surface area contributed by atoms with Crippen LogP contribution in [0.25, 0.3) is 0 Å². The number of benzene rings is 1. The molecule has 1 N–H and O–H groups in total. The van der Waals surface area contributed by atoms with E-state index in [2.05, 4.69) is 6.92 Å². The van der Waals surface area contributed by atoms with Crippen LogP contribution in [0.1, 0.15) is 63.6 Å². The molecule has 1 aliphatic rings. The summed E-state index contributed by atoms with van der Waals surface area (Å²) >= 11 is 0. The maximum atomic E-state index is 11.2. The van der Waals surface area contributed by atoms with Gasteiger partial charge in [-0.1, -0.05) is 13.8 Å². The summed E-state index contributed by atoms with van der Waals surface area (Å²) in [7, 11) is 0. The Morgan fingerprint density at radius 2 is 1.95 bits per heavy atom. The van der Waals surface area contributed by atoms with Crippen LogP contribution in [0.2, 0.25) is 0 Å². The highest BCUT2D eigenvalue weighted by Crippen LogP contribution is 2.41. The molecule has 0 fully saturated rings. The van der Waals surface area contributed by atoms with Gasteiger partial charge in [0.15, 0.2) is 0 Å². The second kappa shape index (κ2) is 6.97. The van der Waals surface area contributed by atoms with Crippen molar-refractivity contribution in [2.24, 2.45) is 0 Å². The fraction of sp³-hybridized carbons (Fsp3) is 0.611. The summed E-state index contributed by atoms with van der Waals surface area (Å²) < 4.78 is 6.17. The van der Waals surface area contributed by atoms with Crippen LogP contribution in [0, 0.1) is 13.8 Å². The molecule has 0 saturated heterocycles. The molecule has 0 radical (unpaired) electrons. The SMILES string of the molecule is CC.CC(=O)CCC1(C)CCc2cc(O)c(C)c(C)c2O1. The van der Waals surface area contributed by atoms with E-state index in [0.717, 1.165) is 41.7 Å². The summed E-state index contributed by atoms with van der Waals surface area (Å²) in [6.07, 6.45) is 3.08. The monoisotopic (exact) mass is 292 g/mol. The van der Waals surface area contributed by atoms with Crippen LogP contribution < -0.4 is 4.74 Å². The molecule has 21 heavy (non-hydrogen) atoms. The van der Waals surface area contributed by atoms with Crippen molar-refractivity contribution in [1.82, 2.24) is 0 Å². The Balaban J connectivity index is 0.00000106. The number of phenols is 1. The lowest BCUT2D eigenvalue weighted by molar-refractivity contribution is -0.118. The van der Waals surface area contributed by atoms with Gasteiger partial charge in [-0.3, -0.25) is 0 Å². The molecule has 1 aromatic rings. The first-order chi connectivity index (χ1) is 9.82. The van der Waals surface area contributed by atoms with Gasteiger partial charge in [-0.05, 0) is 69.7 Å². The lowest BCUT2D eigenvalue weighted by Gasteiger charge is -2.37. The van der Waals surface area contributed by atoms with Gasteiger partial charge in [0.1, 0.15) is 22.9 Å². The minimum Gasteiger partial charge on any atom is -0.508 e. The van der Waals surface area contributed by atoms with Gasteiger partial charge < -0.3 is 14.6 Å². The van der Waals surface area contributed by atoms with Crippen LogP contribution >= 0.6 is 0 Å². The molecule has 1 aromatic carbocycles. The number of aromatic hydroxyl groups is 1. The van der Waals surface area contributed by atoms with E-state index >= 15 is 0 Å². The molecule has 118 valence electrons. The Morgan fingerprint density at radius 1 is 1.33 bits per heavy atom.